The SMILES string of the molecule is CCC(C)([B]CC(C)([B]CC(C)(C)C(=O)OC(C)(C)C)C(=O)OC12CC3CC(CC(C3)C1)C2)c1ccncc1. The number of rotatable bonds is 11. The summed E-state index contributed by atoms with van der Waals surface area (Å²) >= 11 is 0. The first-order valence-electron chi connectivity index (χ1n) is 15.1. The first kappa shape index (κ1) is 30.2. The van der Waals surface area contributed by atoms with E-state index in [9.17, 15) is 9.59 Å². The van der Waals surface area contributed by atoms with E-state index < -0.39 is 16.3 Å². The molecule has 2 unspecified atom stereocenters. The van der Waals surface area contributed by atoms with Crippen LogP contribution in [-0.2, 0) is 24.4 Å². The molecular weight excluding hydrogens is 484 g/mol. The summed E-state index contributed by atoms with van der Waals surface area (Å²) in [6.07, 6.45) is 12.5. The minimum Gasteiger partial charge on any atom is -0.460 e. The lowest BCUT2D eigenvalue weighted by Gasteiger charge is -2.56. The maximum absolute atomic E-state index is 14.2. The first-order valence-corrected chi connectivity index (χ1v) is 15.1. The van der Waals surface area contributed by atoms with Crippen LogP contribution in [0.2, 0.25) is 18.0 Å². The third-order valence-electron chi connectivity index (χ3n) is 9.82. The van der Waals surface area contributed by atoms with Gasteiger partial charge in [0.15, 0.2) is 0 Å². The summed E-state index contributed by atoms with van der Waals surface area (Å²) in [5.74, 6) is 1.71. The van der Waals surface area contributed by atoms with Crippen LogP contribution >= 0.6 is 0 Å². The second-order valence-corrected chi connectivity index (χ2v) is 15.1. The monoisotopic (exact) mass is 533 g/mol. The molecule has 4 bridgehead atoms. The van der Waals surface area contributed by atoms with Crippen molar-refractivity contribution in [3.63, 3.8) is 0 Å². The maximum Gasteiger partial charge on any atom is 0.311 e. The number of ether oxygens (including phenoxy) is 2. The van der Waals surface area contributed by atoms with Gasteiger partial charge in [0.25, 0.3) is 0 Å². The van der Waals surface area contributed by atoms with Gasteiger partial charge in [0.1, 0.15) is 25.8 Å². The van der Waals surface area contributed by atoms with Crippen LogP contribution in [0.15, 0.2) is 24.5 Å². The van der Waals surface area contributed by atoms with Crippen molar-refractivity contribution in [2.75, 3.05) is 0 Å². The van der Waals surface area contributed by atoms with Crippen LogP contribution in [0.1, 0.15) is 106 Å². The Labute approximate surface area is 238 Å². The fraction of sp³-hybridized carbons (Fsp3) is 0.781. The number of carbonyl (C=O) groups excluding carboxylic acids is 2. The molecule has 0 saturated heterocycles. The van der Waals surface area contributed by atoms with Gasteiger partial charge in [-0.15, -0.1) is 0 Å². The van der Waals surface area contributed by atoms with Crippen LogP contribution in [-0.4, -0.2) is 42.7 Å². The topological polar surface area (TPSA) is 65.5 Å². The lowest BCUT2D eigenvalue weighted by molar-refractivity contribution is -0.189. The number of hydrogen-bond donors (Lipinski definition) is 0. The Hall–Kier alpha value is -1.78. The van der Waals surface area contributed by atoms with E-state index in [1.165, 1.54) is 24.8 Å². The predicted octanol–water partition coefficient (Wildman–Crippen LogP) is 7.01. The Morgan fingerprint density at radius 1 is 0.872 bits per heavy atom. The molecule has 4 saturated carbocycles. The summed E-state index contributed by atoms with van der Waals surface area (Å²) in [5.41, 5.74) is -0.433. The Bertz CT molecular complexity index is 1000. The molecule has 0 N–H and O–H groups in total. The zero-order valence-corrected chi connectivity index (χ0v) is 25.6. The van der Waals surface area contributed by atoms with E-state index in [-0.39, 0.29) is 22.9 Å². The quantitative estimate of drug-likeness (QED) is 0.226. The van der Waals surface area contributed by atoms with Crippen LogP contribution in [0.5, 0.6) is 0 Å². The molecule has 0 aromatic carbocycles. The van der Waals surface area contributed by atoms with Crippen LogP contribution in [0, 0.1) is 23.2 Å². The molecule has 1 heterocycles. The van der Waals surface area contributed by atoms with Gasteiger partial charge in [-0.2, -0.15) is 0 Å². The van der Waals surface area contributed by atoms with E-state index in [0.29, 0.717) is 30.4 Å². The summed E-state index contributed by atoms with van der Waals surface area (Å²) in [4.78, 5) is 31.4. The van der Waals surface area contributed by atoms with Crippen LogP contribution < -0.4 is 0 Å². The van der Waals surface area contributed by atoms with Crippen LogP contribution in [0.25, 0.3) is 0 Å². The lowest BCUT2D eigenvalue weighted by Crippen LogP contribution is -2.54. The number of esters is 2. The number of hydrogen-bond acceptors (Lipinski definition) is 5. The highest BCUT2D eigenvalue weighted by Crippen LogP contribution is 2.58. The van der Waals surface area contributed by atoms with Crippen molar-refractivity contribution in [1.82, 2.24) is 4.98 Å². The molecule has 4 fully saturated rings. The van der Waals surface area contributed by atoms with Crippen molar-refractivity contribution >= 4 is 26.5 Å². The summed E-state index contributed by atoms with van der Waals surface area (Å²) in [7, 11) is 4.32. The van der Waals surface area contributed by atoms with Crippen molar-refractivity contribution in [1.29, 1.82) is 0 Å². The summed E-state index contributed by atoms with van der Waals surface area (Å²) in [6.45, 7) is 15.9. The molecule has 4 aliphatic carbocycles. The van der Waals surface area contributed by atoms with Gasteiger partial charge < -0.3 is 9.47 Å². The van der Waals surface area contributed by atoms with E-state index >= 15 is 0 Å². The van der Waals surface area contributed by atoms with E-state index in [1.807, 2.05) is 61.2 Å². The minimum atomic E-state index is -0.855. The van der Waals surface area contributed by atoms with Gasteiger partial charge in [-0.05, 0) is 100 Å². The smallest absolute Gasteiger partial charge is 0.311 e. The largest absolute Gasteiger partial charge is 0.460 e. The first-order chi connectivity index (χ1) is 18.1. The van der Waals surface area contributed by atoms with Crippen LogP contribution in [0.3, 0.4) is 0 Å². The minimum absolute atomic E-state index is 0.145. The Morgan fingerprint density at radius 2 is 1.41 bits per heavy atom. The zero-order chi connectivity index (χ0) is 28.7. The zero-order valence-electron chi connectivity index (χ0n) is 25.6. The van der Waals surface area contributed by atoms with Crippen LogP contribution in [0.4, 0.5) is 0 Å². The average Bonchev–Trinajstić information content (AvgIpc) is 2.84. The Kier molecular flexibility index (Phi) is 8.43. The molecule has 4 aliphatic rings. The third kappa shape index (κ3) is 6.93. The molecule has 0 spiro atoms. The van der Waals surface area contributed by atoms with Gasteiger partial charge in [-0.3, -0.25) is 14.6 Å². The fourth-order valence-corrected chi connectivity index (χ4v) is 7.34. The fourth-order valence-electron chi connectivity index (χ4n) is 7.34. The second kappa shape index (κ2) is 10.9. The van der Waals surface area contributed by atoms with Crippen molar-refractivity contribution in [2.45, 2.75) is 135 Å². The molecule has 5 rings (SSSR count). The Morgan fingerprint density at radius 3 is 1.90 bits per heavy atom. The summed E-state index contributed by atoms with van der Waals surface area (Å²) in [6, 6.07) is 4.11. The Balaban J connectivity index is 1.54. The highest BCUT2D eigenvalue weighted by atomic mass is 16.6. The van der Waals surface area contributed by atoms with Gasteiger partial charge in [0.2, 0.25) is 0 Å². The number of nitrogens with zero attached hydrogens (tertiary/aromatic N) is 1. The van der Waals surface area contributed by atoms with E-state index in [4.69, 9.17) is 9.47 Å². The molecule has 0 amide bonds. The van der Waals surface area contributed by atoms with Gasteiger partial charge in [-0.1, -0.05) is 53.7 Å². The molecule has 1 aromatic heterocycles. The number of pyridine rings is 1. The maximum atomic E-state index is 14.2. The summed E-state index contributed by atoms with van der Waals surface area (Å²) in [5, 5.41) is -1.06. The van der Waals surface area contributed by atoms with Crippen molar-refractivity contribution in [3.8, 4) is 0 Å². The molecule has 2 radical (unpaired) electrons. The van der Waals surface area contributed by atoms with Crippen molar-refractivity contribution in [2.24, 2.45) is 23.2 Å². The molecule has 39 heavy (non-hydrogen) atoms. The highest BCUT2D eigenvalue weighted by molar-refractivity contribution is 6.52. The lowest BCUT2D eigenvalue weighted by atomic mass is 9.36. The van der Waals surface area contributed by atoms with E-state index in [0.717, 1.165) is 25.7 Å². The van der Waals surface area contributed by atoms with Crippen molar-refractivity contribution < 1.29 is 19.1 Å². The predicted molar refractivity (Wildman–Crippen MR) is 158 cm³/mol. The average molecular weight is 533 g/mol. The van der Waals surface area contributed by atoms with E-state index in [2.05, 4.69) is 38.2 Å². The number of aromatic nitrogens is 1. The normalized spacial score (nSPS) is 29.2. The molecular formula is C32H49B2NO4. The second-order valence-electron chi connectivity index (χ2n) is 15.1. The van der Waals surface area contributed by atoms with Gasteiger partial charge >= 0.3 is 11.9 Å². The molecule has 5 nitrogen and oxygen atoms in total. The van der Waals surface area contributed by atoms with Gasteiger partial charge in [-0.25, -0.2) is 0 Å². The molecule has 1 aromatic rings. The standard InChI is InChI=1S/C32H49B2NO4/c1-9-30(7,25-10-12-35-13-11-25)34-21-31(8,33-20-29(5,6)26(36)38-28(2,3)4)27(37)39-32-17-22-14-23(18-32)16-24(15-22)19-32/h10-13,22-24H,9,14-21H2,1-8H3. The van der Waals surface area contributed by atoms with E-state index in [1.54, 1.807) is 0 Å². The highest BCUT2D eigenvalue weighted by Gasteiger charge is 2.54. The third-order valence-corrected chi connectivity index (χ3v) is 9.82. The molecule has 7 heteroatoms. The molecule has 212 valence electrons. The molecule has 2 atom stereocenters. The summed E-state index contributed by atoms with van der Waals surface area (Å²) < 4.78 is 12.3. The number of carbonyl (C=O) groups is 2. The van der Waals surface area contributed by atoms with Crippen molar-refractivity contribution in [3.05, 3.63) is 30.1 Å². The van der Waals surface area contributed by atoms with Gasteiger partial charge in [0, 0.05) is 17.7 Å². The molecule has 0 aliphatic heterocycles. The van der Waals surface area contributed by atoms with Gasteiger partial charge in [0.05, 0.1) is 5.41 Å².